The molecule has 170 valence electrons. The van der Waals surface area contributed by atoms with Gasteiger partial charge in [0.05, 0.1) is 11.3 Å². The molecule has 8 N–H and O–H groups in total. The van der Waals surface area contributed by atoms with Gasteiger partial charge in [0.15, 0.2) is 0 Å². The van der Waals surface area contributed by atoms with Crippen LogP contribution in [0.5, 0.6) is 5.75 Å². The molecule has 0 spiro atoms. The van der Waals surface area contributed by atoms with Crippen molar-refractivity contribution in [3.8, 4) is 28.1 Å². The van der Waals surface area contributed by atoms with E-state index in [1.165, 1.54) is 12.1 Å². The topological polar surface area (TPSA) is 189 Å². The summed E-state index contributed by atoms with van der Waals surface area (Å²) in [4.78, 5) is 39.2. The summed E-state index contributed by atoms with van der Waals surface area (Å²) >= 11 is 0. The maximum absolute atomic E-state index is 12.2. The van der Waals surface area contributed by atoms with E-state index in [1.54, 1.807) is 42.5 Å². The first-order chi connectivity index (χ1) is 15.7. The third-order valence-electron chi connectivity index (χ3n) is 4.85. The molecular weight excluding hydrogens is 428 g/mol. The Kier molecular flexibility index (Phi) is 6.89. The smallest absolute Gasteiger partial charge is 0.303 e. The van der Waals surface area contributed by atoms with Gasteiger partial charge in [0.25, 0.3) is 11.8 Å². The van der Waals surface area contributed by atoms with Crippen molar-refractivity contribution in [3.05, 3.63) is 60.2 Å². The van der Waals surface area contributed by atoms with Gasteiger partial charge in [-0.1, -0.05) is 24.3 Å². The molecule has 2 aromatic carbocycles. The average molecular weight is 450 g/mol. The largest absolute Gasteiger partial charge is 0.507 e. The van der Waals surface area contributed by atoms with Crippen LogP contribution in [0.2, 0.25) is 0 Å². The maximum atomic E-state index is 12.2. The number of carboxylic acids is 1. The number of nitrogens with two attached hydrogens (primary N) is 2. The van der Waals surface area contributed by atoms with Crippen molar-refractivity contribution in [1.29, 1.82) is 0 Å². The molecule has 1 atom stereocenters. The molecule has 10 nitrogen and oxygen atoms in total. The van der Waals surface area contributed by atoms with Crippen molar-refractivity contribution < 1.29 is 29.7 Å². The van der Waals surface area contributed by atoms with Crippen LogP contribution < -0.4 is 16.8 Å². The molecule has 33 heavy (non-hydrogen) atoms. The first-order valence-corrected chi connectivity index (χ1v) is 9.87. The molecule has 0 saturated carbocycles. The van der Waals surface area contributed by atoms with E-state index in [-0.39, 0.29) is 30.0 Å². The minimum Gasteiger partial charge on any atom is -0.507 e. The van der Waals surface area contributed by atoms with Crippen LogP contribution in [0.1, 0.15) is 23.2 Å². The number of benzene rings is 2. The highest BCUT2D eigenvalue weighted by atomic mass is 16.4. The molecule has 1 unspecified atom stereocenters. The van der Waals surface area contributed by atoms with Crippen LogP contribution in [-0.2, 0) is 9.59 Å². The van der Waals surface area contributed by atoms with Crippen molar-refractivity contribution >= 4 is 29.3 Å². The van der Waals surface area contributed by atoms with Crippen LogP contribution in [0.4, 0.5) is 11.5 Å². The molecule has 0 fully saturated rings. The number of rotatable bonds is 8. The Morgan fingerprint density at radius 1 is 1.03 bits per heavy atom. The second-order valence-electron chi connectivity index (χ2n) is 7.21. The number of aromatic hydroxyl groups is 1. The Hall–Kier alpha value is -4.44. The molecule has 2 amide bonds. The summed E-state index contributed by atoms with van der Waals surface area (Å²) in [6, 6.07) is 14.4. The fourth-order valence-electron chi connectivity index (χ4n) is 3.26. The van der Waals surface area contributed by atoms with Gasteiger partial charge in [0.2, 0.25) is 0 Å². The monoisotopic (exact) mass is 450 g/mol. The van der Waals surface area contributed by atoms with E-state index < -0.39 is 23.9 Å². The molecule has 0 aliphatic rings. The number of phenols is 1. The number of aliphatic hydroxyl groups is 1. The highest BCUT2D eigenvalue weighted by molar-refractivity contribution is 6.05. The molecule has 0 saturated heterocycles. The normalized spacial score (nSPS) is 11.5. The quantitative estimate of drug-likeness (QED) is 0.300. The number of hydrogen-bond acceptors (Lipinski definition) is 7. The second kappa shape index (κ2) is 9.79. The van der Waals surface area contributed by atoms with Gasteiger partial charge in [-0.05, 0) is 42.3 Å². The zero-order chi connectivity index (χ0) is 24.1. The van der Waals surface area contributed by atoms with E-state index in [4.69, 9.17) is 16.6 Å². The lowest BCUT2D eigenvalue weighted by Crippen LogP contribution is -2.28. The fraction of sp³-hybridized carbons (Fsp3) is 0.130. The van der Waals surface area contributed by atoms with Crippen LogP contribution >= 0.6 is 0 Å². The number of phenolic OH excluding ortho intramolecular Hbond substituents is 1. The number of carbonyl (C=O) groups is 3. The van der Waals surface area contributed by atoms with Crippen molar-refractivity contribution in [2.24, 2.45) is 5.73 Å². The molecule has 0 bridgehead atoms. The van der Waals surface area contributed by atoms with Gasteiger partial charge in [0.1, 0.15) is 17.7 Å². The van der Waals surface area contributed by atoms with E-state index in [1.807, 2.05) is 0 Å². The first kappa shape index (κ1) is 23.2. The third-order valence-corrected chi connectivity index (χ3v) is 4.85. The minimum atomic E-state index is -1.50. The van der Waals surface area contributed by atoms with Crippen LogP contribution in [0.25, 0.3) is 22.4 Å². The SMILES string of the molecule is NC(=O)c1c(-c2cccc(NC(=O)C(O)CCC(=O)O)c2)cc(-c2ccccc2O)nc1N. The highest BCUT2D eigenvalue weighted by Crippen LogP contribution is 2.35. The molecular formula is C23H22N4O6. The number of hydrogen-bond donors (Lipinski definition) is 6. The van der Waals surface area contributed by atoms with Gasteiger partial charge >= 0.3 is 5.97 Å². The number of para-hydroxylation sites is 1. The minimum absolute atomic E-state index is 0.0286. The number of anilines is 2. The third kappa shape index (κ3) is 5.43. The fourth-order valence-corrected chi connectivity index (χ4v) is 3.26. The predicted molar refractivity (Wildman–Crippen MR) is 121 cm³/mol. The summed E-state index contributed by atoms with van der Waals surface area (Å²) < 4.78 is 0. The maximum Gasteiger partial charge on any atom is 0.303 e. The average Bonchev–Trinajstić information content (AvgIpc) is 2.77. The van der Waals surface area contributed by atoms with E-state index >= 15 is 0 Å². The Balaban J connectivity index is 2.00. The standard InChI is InChI=1S/C23H22N4O6/c24-21-20(22(25)32)15(11-16(27-21)14-6-1-2-7-17(14)28)12-4-3-5-13(10-12)26-23(33)18(29)8-9-19(30)31/h1-7,10-11,18,28-29H,8-9H2,(H2,24,27)(H2,25,32)(H,26,33)(H,30,31). The van der Waals surface area contributed by atoms with Gasteiger partial charge in [0, 0.05) is 23.2 Å². The van der Waals surface area contributed by atoms with Gasteiger partial charge < -0.3 is 32.1 Å². The number of aromatic nitrogens is 1. The molecule has 3 rings (SSSR count). The summed E-state index contributed by atoms with van der Waals surface area (Å²) in [5.74, 6) is -2.86. The number of aliphatic hydroxyl groups excluding tert-OH is 1. The Labute approximate surface area is 188 Å². The zero-order valence-corrected chi connectivity index (χ0v) is 17.4. The van der Waals surface area contributed by atoms with E-state index in [0.29, 0.717) is 28.1 Å². The molecule has 0 aliphatic carbocycles. The van der Waals surface area contributed by atoms with Crippen molar-refractivity contribution in [1.82, 2.24) is 4.98 Å². The number of carbonyl (C=O) groups excluding carboxylic acids is 2. The molecule has 3 aromatic rings. The lowest BCUT2D eigenvalue weighted by Gasteiger charge is -2.15. The van der Waals surface area contributed by atoms with Gasteiger partial charge in [-0.3, -0.25) is 14.4 Å². The Morgan fingerprint density at radius 3 is 2.42 bits per heavy atom. The van der Waals surface area contributed by atoms with Crippen molar-refractivity contribution in [2.75, 3.05) is 11.1 Å². The summed E-state index contributed by atoms with van der Waals surface area (Å²) in [7, 11) is 0. The Bertz CT molecular complexity index is 1230. The van der Waals surface area contributed by atoms with Crippen LogP contribution in [0.3, 0.4) is 0 Å². The predicted octanol–water partition coefficient (Wildman–Crippen LogP) is 1.97. The number of pyridine rings is 1. The molecule has 10 heteroatoms. The Morgan fingerprint density at radius 2 is 1.76 bits per heavy atom. The van der Waals surface area contributed by atoms with Crippen molar-refractivity contribution in [2.45, 2.75) is 18.9 Å². The lowest BCUT2D eigenvalue weighted by atomic mass is 9.97. The van der Waals surface area contributed by atoms with E-state index in [0.717, 1.165) is 0 Å². The number of amides is 2. The molecule has 1 aromatic heterocycles. The summed E-state index contributed by atoms with van der Waals surface area (Å²) in [5.41, 5.74) is 13.3. The first-order valence-electron chi connectivity index (χ1n) is 9.87. The summed E-state index contributed by atoms with van der Waals surface area (Å²) in [6.07, 6.45) is -2.10. The number of primary amides is 1. The number of nitrogens with zero attached hydrogens (tertiary/aromatic N) is 1. The van der Waals surface area contributed by atoms with Crippen LogP contribution in [0, 0.1) is 0 Å². The van der Waals surface area contributed by atoms with Crippen LogP contribution in [-0.4, -0.2) is 44.2 Å². The van der Waals surface area contributed by atoms with Gasteiger partial charge in [-0.25, -0.2) is 4.98 Å². The number of nitrogens with one attached hydrogen (secondary N) is 1. The molecule has 1 heterocycles. The molecule has 0 aliphatic heterocycles. The number of carboxylic acid groups (broad SMARTS) is 1. The van der Waals surface area contributed by atoms with Crippen molar-refractivity contribution in [3.63, 3.8) is 0 Å². The highest BCUT2D eigenvalue weighted by Gasteiger charge is 2.20. The van der Waals surface area contributed by atoms with E-state index in [2.05, 4.69) is 10.3 Å². The molecule has 0 radical (unpaired) electrons. The van der Waals surface area contributed by atoms with Gasteiger partial charge in [-0.2, -0.15) is 0 Å². The zero-order valence-electron chi connectivity index (χ0n) is 17.4. The van der Waals surface area contributed by atoms with E-state index in [9.17, 15) is 24.6 Å². The lowest BCUT2D eigenvalue weighted by molar-refractivity contribution is -0.138. The second-order valence-corrected chi connectivity index (χ2v) is 7.21. The number of aliphatic carboxylic acids is 1. The van der Waals surface area contributed by atoms with Gasteiger partial charge in [-0.15, -0.1) is 0 Å². The van der Waals surface area contributed by atoms with Crippen LogP contribution in [0.15, 0.2) is 54.6 Å². The number of nitrogen functional groups attached to an aromatic ring is 1. The summed E-state index contributed by atoms with van der Waals surface area (Å²) in [6.45, 7) is 0. The summed E-state index contributed by atoms with van der Waals surface area (Å²) in [5, 5.41) is 31.3.